The normalized spacial score (nSPS) is 11.6. The minimum absolute atomic E-state index is 0.115. The zero-order chi connectivity index (χ0) is 18.1. The molecule has 0 aliphatic rings. The molecule has 0 aromatic heterocycles. The SMILES string of the molecule is CSCCC(NC(=O)c1cccc(C)c1)C(=O)N(C)CCC(=O)O. The number of hydrogen-bond donors (Lipinski definition) is 2. The van der Waals surface area contributed by atoms with E-state index in [1.807, 2.05) is 19.2 Å². The number of hydrogen-bond acceptors (Lipinski definition) is 4. The van der Waals surface area contributed by atoms with Gasteiger partial charge in [0.15, 0.2) is 0 Å². The third kappa shape index (κ3) is 6.62. The standard InChI is InChI=1S/C17H24N2O4S/c1-12-5-4-6-13(11-12)16(22)18-14(8-10-24-3)17(23)19(2)9-7-15(20)21/h4-6,11,14H,7-10H2,1-3H3,(H,18,22)(H,20,21). The van der Waals surface area contributed by atoms with Gasteiger partial charge in [-0.15, -0.1) is 0 Å². The minimum atomic E-state index is -0.959. The molecule has 2 amide bonds. The summed E-state index contributed by atoms with van der Waals surface area (Å²) >= 11 is 1.59. The number of carbonyl (C=O) groups is 3. The average molecular weight is 352 g/mol. The van der Waals surface area contributed by atoms with E-state index < -0.39 is 12.0 Å². The Morgan fingerprint density at radius 3 is 2.62 bits per heavy atom. The monoisotopic (exact) mass is 352 g/mol. The number of likely N-dealkylation sites (N-methyl/N-ethyl adjacent to an activating group) is 1. The number of nitrogens with one attached hydrogen (secondary N) is 1. The van der Waals surface area contributed by atoms with Crippen LogP contribution >= 0.6 is 11.8 Å². The van der Waals surface area contributed by atoms with Crippen LogP contribution in [0.1, 0.15) is 28.8 Å². The van der Waals surface area contributed by atoms with E-state index in [0.29, 0.717) is 12.0 Å². The zero-order valence-corrected chi connectivity index (χ0v) is 15.1. The fourth-order valence-corrected chi connectivity index (χ4v) is 2.63. The largest absolute Gasteiger partial charge is 0.481 e. The van der Waals surface area contributed by atoms with Crippen LogP contribution in [0.2, 0.25) is 0 Å². The first-order valence-electron chi connectivity index (χ1n) is 7.68. The third-order valence-corrected chi connectivity index (χ3v) is 4.18. The Bertz CT molecular complexity index is 592. The smallest absolute Gasteiger partial charge is 0.305 e. The van der Waals surface area contributed by atoms with Gasteiger partial charge in [-0.05, 0) is 37.5 Å². The second-order valence-electron chi connectivity index (χ2n) is 5.58. The molecule has 6 nitrogen and oxygen atoms in total. The first-order chi connectivity index (χ1) is 11.3. The number of carboxylic acids is 1. The van der Waals surface area contributed by atoms with E-state index in [4.69, 9.17) is 5.11 Å². The highest BCUT2D eigenvalue weighted by Gasteiger charge is 2.24. The predicted molar refractivity (Wildman–Crippen MR) is 95.3 cm³/mol. The van der Waals surface area contributed by atoms with E-state index >= 15 is 0 Å². The minimum Gasteiger partial charge on any atom is -0.481 e. The van der Waals surface area contributed by atoms with E-state index in [1.165, 1.54) is 4.90 Å². The Kier molecular flexibility index (Phi) is 8.32. The fraction of sp³-hybridized carbons (Fsp3) is 0.471. The second-order valence-corrected chi connectivity index (χ2v) is 6.57. The summed E-state index contributed by atoms with van der Waals surface area (Å²) in [6.07, 6.45) is 2.30. The lowest BCUT2D eigenvalue weighted by molar-refractivity contribution is -0.138. The molecule has 2 N–H and O–H groups in total. The van der Waals surface area contributed by atoms with Gasteiger partial charge in [0.2, 0.25) is 5.91 Å². The van der Waals surface area contributed by atoms with Crippen molar-refractivity contribution >= 4 is 29.5 Å². The Hall–Kier alpha value is -2.02. The molecule has 0 fully saturated rings. The lowest BCUT2D eigenvalue weighted by Crippen LogP contribution is -2.48. The maximum absolute atomic E-state index is 12.5. The van der Waals surface area contributed by atoms with Gasteiger partial charge in [0, 0.05) is 19.2 Å². The van der Waals surface area contributed by atoms with Crippen molar-refractivity contribution < 1.29 is 19.5 Å². The summed E-state index contributed by atoms with van der Waals surface area (Å²) in [5.74, 6) is -0.813. The van der Waals surface area contributed by atoms with Crippen molar-refractivity contribution in [3.8, 4) is 0 Å². The Morgan fingerprint density at radius 1 is 1.33 bits per heavy atom. The quantitative estimate of drug-likeness (QED) is 0.707. The van der Waals surface area contributed by atoms with Crippen LogP contribution in [-0.2, 0) is 9.59 Å². The molecule has 0 spiro atoms. The van der Waals surface area contributed by atoms with Crippen LogP contribution in [0, 0.1) is 6.92 Å². The van der Waals surface area contributed by atoms with Gasteiger partial charge in [-0.25, -0.2) is 0 Å². The van der Waals surface area contributed by atoms with Crippen LogP contribution in [0.15, 0.2) is 24.3 Å². The van der Waals surface area contributed by atoms with Crippen LogP contribution in [0.5, 0.6) is 0 Å². The van der Waals surface area contributed by atoms with Crippen molar-refractivity contribution in [2.45, 2.75) is 25.8 Å². The zero-order valence-electron chi connectivity index (χ0n) is 14.2. The molecule has 1 rings (SSSR count). The summed E-state index contributed by atoms with van der Waals surface area (Å²) < 4.78 is 0. The van der Waals surface area contributed by atoms with E-state index in [0.717, 1.165) is 11.3 Å². The molecule has 0 aliphatic heterocycles. The van der Waals surface area contributed by atoms with Crippen LogP contribution < -0.4 is 5.32 Å². The first-order valence-corrected chi connectivity index (χ1v) is 9.07. The number of nitrogens with zero attached hydrogens (tertiary/aromatic N) is 1. The molecule has 0 bridgehead atoms. The summed E-state index contributed by atoms with van der Waals surface area (Å²) in [6.45, 7) is 2.01. The molecule has 132 valence electrons. The van der Waals surface area contributed by atoms with E-state index in [9.17, 15) is 14.4 Å². The summed E-state index contributed by atoms with van der Waals surface area (Å²) in [5, 5.41) is 11.5. The number of carboxylic acid groups (broad SMARTS) is 1. The van der Waals surface area contributed by atoms with Crippen molar-refractivity contribution in [3.05, 3.63) is 35.4 Å². The molecule has 0 heterocycles. The highest BCUT2D eigenvalue weighted by atomic mass is 32.2. The molecule has 0 radical (unpaired) electrons. The average Bonchev–Trinajstić information content (AvgIpc) is 2.55. The molecule has 0 saturated carbocycles. The molecule has 7 heteroatoms. The fourth-order valence-electron chi connectivity index (χ4n) is 2.16. The van der Waals surface area contributed by atoms with Gasteiger partial charge in [0.1, 0.15) is 6.04 Å². The number of amides is 2. The number of aryl methyl sites for hydroxylation is 1. The van der Waals surface area contributed by atoms with Crippen molar-refractivity contribution in [2.75, 3.05) is 25.6 Å². The number of carbonyl (C=O) groups excluding carboxylic acids is 2. The van der Waals surface area contributed by atoms with Crippen molar-refractivity contribution in [2.24, 2.45) is 0 Å². The summed E-state index contributed by atoms with van der Waals surface area (Å²) in [7, 11) is 1.55. The lowest BCUT2D eigenvalue weighted by Gasteiger charge is -2.24. The third-order valence-electron chi connectivity index (χ3n) is 3.53. The van der Waals surface area contributed by atoms with Gasteiger partial charge in [0.25, 0.3) is 5.91 Å². The number of rotatable bonds is 9. The van der Waals surface area contributed by atoms with E-state index in [-0.39, 0.29) is 24.8 Å². The molecular formula is C17H24N2O4S. The van der Waals surface area contributed by atoms with Gasteiger partial charge < -0.3 is 15.3 Å². The Balaban J connectivity index is 2.78. The molecule has 1 aromatic rings. The maximum Gasteiger partial charge on any atom is 0.305 e. The molecule has 1 atom stereocenters. The highest BCUT2D eigenvalue weighted by molar-refractivity contribution is 7.98. The Labute approximate surface area is 146 Å². The van der Waals surface area contributed by atoms with Crippen LogP contribution in [0.3, 0.4) is 0 Å². The van der Waals surface area contributed by atoms with Crippen molar-refractivity contribution in [1.82, 2.24) is 10.2 Å². The van der Waals surface area contributed by atoms with Crippen molar-refractivity contribution in [1.29, 1.82) is 0 Å². The second kappa shape index (κ2) is 9.97. The van der Waals surface area contributed by atoms with Gasteiger partial charge in [-0.3, -0.25) is 14.4 Å². The molecule has 0 aliphatic carbocycles. The van der Waals surface area contributed by atoms with Gasteiger partial charge in [-0.1, -0.05) is 17.7 Å². The molecule has 24 heavy (non-hydrogen) atoms. The number of benzene rings is 1. The van der Waals surface area contributed by atoms with Gasteiger partial charge >= 0.3 is 5.97 Å². The van der Waals surface area contributed by atoms with Crippen LogP contribution in [0.25, 0.3) is 0 Å². The summed E-state index contributed by atoms with van der Waals surface area (Å²) in [4.78, 5) is 36.9. The molecule has 1 aromatic carbocycles. The summed E-state index contributed by atoms with van der Waals surface area (Å²) in [6, 6.07) is 6.49. The lowest BCUT2D eigenvalue weighted by atomic mass is 10.1. The summed E-state index contributed by atoms with van der Waals surface area (Å²) in [5.41, 5.74) is 1.47. The number of aliphatic carboxylic acids is 1. The van der Waals surface area contributed by atoms with Crippen LogP contribution in [-0.4, -0.2) is 59.4 Å². The van der Waals surface area contributed by atoms with Crippen LogP contribution in [0.4, 0.5) is 0 Å². The van der Waals surface area contributed by atoms with E-state index in [1.54, 1.807) is 37.0 Å². The van der Waals surface area contributed by atoms with Gasteiger partial charge in [0.05, 0.1) is 6.42 Å². The van der Waals surface area contributed by atoms with Crippen molar-refractivity contribution in [3.63, 3.8) is 0 Å². The predicted octanol–water partition coefficient (Wildman–Crippen LogP) is 1.78. The topological polar surface area (TPSA) is 86.7 Å². The molecular weight excluding hydrogens is 328 g/mol. The number of thioether (sulfide) groups is 1. The van der Waals surface area contributed by atoms with E-state index in [2.05, 4.69) is 5.32 Å². The molecule has 1 unspecified atom stereocenters. The first kappa shape index (κ1) is 20.0. The Morgan fingerprint density at radius 2 is 2.04 bits per heavy atom. The maximum atomic E-state index is 12.5. The molecule has 0 saturated heterocycles. The highest BCUT2D eigenvalue weighted by Crippen LogP contribution is 2.08. The van der Waals surface area contributed by atoms with Gasteiger partial charge in [-0.2, -0.15) is 11.8 Å².